The first-order valence-corrected chi connectivity index (χ1v) is 4.33. The minimum absolute atomic E-state index is 0.0537. The summed E-state index contributed by atoms with van der Waals surface area (Å²) in [4.78, 5) is 4.16. The van der Waals surface area contributed by atoms with E-state index in [0.29, 0.717) is 5.02 Å². The molecule has 0 aliphatic carbocycles. The Morgan fingerprint density at radius 1 is 1.31 bits per heavy atom. The quantitative estimate of drug-likeness (QED) is 0.755. The summed E-state index contributed by atoms with van der Waals surface area (Å²) in [5.74, 6) is 0. The molecule has 66 valence electrons. The number of aromatic nitrogens is 1. The second kappa shape index (κ2) is 3.32. The van der Waals surface area contributed by atoms with Crippen LogP contribution in [0.5, 0.6) is 0 Å². The van der Waals surface area contributed by atoms with E-state index in [2.05, 4.69) is 4.98 Å². The minimum atomic E-state index is -0.0537. The molecule has 2 nitrogen and oxygen atoms in total. The number of pyridine rings is 1. The third kappa shape index (κ3) is 1.39. The number of benzene rings is 1. The van der Waals surface area contributed by atoms with Crippen molar-refractivity contribution in [2.45, 2.75) is 6.61 Å². The second-order valence-corrected chi connectivity index (χ2v) is 3.16. The van der Waals surface area contributed by atoms with Crippen LogP contribution in [-0.4, -0.2) is 10.1 Å². The van der Waals surface area contributed by atoms with E-state index >= 15 is 0 Å². The topological polar surface area (TPSA) is 33.1 Å². The number of fused-ring (bicyclic) bond motifs is 1. The van der Waals surface area contributed by atoms with Gasteiger partial charge < -0.3 is 5.11 Å². The average Bonchev–Trinajstić information content (AvgIpc) is 2.18. The molecule has 0 amide bonds. The number of halogens is 1. The summed E-state index contributed by atoms with van der Waals surface area (Å²) in [5, 5.41) is 10.6. The Balaban J connectivity index is 2.84. The van der Waals surface area contributed by atoms with Crippen LogP contribution in [0.25, 0.3) is 10.9 Å². The summed E-state index contributed by atoms with van der Waals surface area (Å²) >= 11 is 5.92. The highest BCUT2D eigenvalue weighted by molar-refractivity contribution is 6.32. The van der Waals surface area contributed by atoms with E-state index < -0.39 is 0 Å². The maximum absolute atomic E-state index is 9.10. The molecule has 0 radical (unpaired) electrons. The fraction of sp³-hybridized carbons (Fsp3) is 0.100. The highest BCUT2D eigenvalue weighted by atomic mass is 35.5. The van der Waals surface area contributed by atoms with Crippen LogP contribution in [0.15, 0.2) is 30.5 Å². The largest absolute Gasteiger partial charge is 0.392 e. The van der Waals surface area contributed by atoms with Crippen molar-refractivity contribution >= 4 is 22.5 Å². The summed E-state index contributed by atoms with van der Waals surface area (Å²) in [6.07, 6.45) is 1.72. The predicted molar refractivity (Wildman–Crippen MR) is 52.7 cm³/mol. The van der Waals surface area contributed by atoms with Crippen LogP contribution in [0.4, 0.5) is 0 Å². The Hall–Kier alpha value is -1.12. The van der Waals surface area contributed by atoms with Crippen molar-refractivity contribution < 1.29 is 5.11 Å². The molecule has 1 aromatic carbocycles. The lowest BCUT2D eigenvalue weighted by Gasteiger charge is -2.04. The summed E-state index contributed by atoms with van der Waals surface area (Å²) in [7, 11) is 0. The zero-order valence-corrected chi connectivity index (χ0v) is 7.62. The normalized spacial score (nSPS) is 10.6. The number of nitrogens with zero attached hydrogens (tertiary/aromatic N) is 1. The number of aliphatic hydroxyl groups is 1. The molecule has 0 atom stereocenters. The lowest BCUT2D eigenvalue weighted by Crippen LogP contribution is -1.88. The number of hydrogen-bond donors (Lipinski definition) is 1. The monoisotopic (exact) mass is 193 g/mol. The Kier molecular flexibility index (Phi) is 2.17. The molecule has 0 saturated carbocycles. The maximum atomic E-state index is 9.10. The molecule has 1 heterocycles. The smallest absolute Gasteiger partial charge is 0.0706 e. The van der Waals surface area contributed by atoms with Gasteiger partial charge in [0.05, 0.1) is 12.1 Å². The lowest BCUT2D eigenvalue weighted by atomic mass is 10.1. The van der Waals surface area contributed by atoms with E-state index in [1.165, 1.54) is 0 Å². The van der Waals surface area contributed by atoms with Crippen LogP contribution in [0, 0.1) is 0 Å². The summed E-state index contributed by atoms with van der Waals surface area (Å²) in [5.41, 5.74) is 1.60. The standard InChI is InChI=1S/C10H8ClNO/c11-9-3-4-10-7(8(9)6-13)2-1-5-12-10/h1-5,13H,6H2. The van der Waals surface area contributed by atoms with Gasteiger partial charge in [0, 0.05) is 22.2 Å². The molecule has 0 unspecified atom stereocenters. The van der Waals surface area contributed by atoms with Crippen LogP contribution in [0.1, 0.15) is 5.56 Å². The second-order valence-electron chi connectivity index (χ2n) is 2.75. The van der Waals surface area contributed by atoms with Gasteiger partial charge in [0.15, 0.2) is 0 Å². The molecule has 0 spiro atoms. The highest BCUT2D eigenvalue weighted by Gasteiger charge is 2.04. The van der Waals surface area contributed by atoms with E-state index in [4.69, 9.17) is 16.7 Å². The summed E-state index contributed by atoms with van der Waals surface area (Å²) in [6, 6.07) is 7.33. The Labute approximate surface area is 80.8 Å². The van der Waals surface area contributed by atoms with Crippen LogP contribution in [0.3, 0.4) is 0 Å². The molecule has 1 aromatic heterocycles. The Morgan fingerprint density at radius 2 is 2.15 bits per heavy atom. The zero-order chi connectivity index (χ0) is 9.26. The van der Waals surface area contributed by atoms with Crippen molar-refractivity contribution in [1.82, 2.24) is 4.98 Å². The molecule has 1 N–H and O–H groups in total. The third-order valence-electron chi connectivity index (χ3n) is 2.00. The summed E-state index contributed by atoms with van der Waals surface area (Å²) < 4.78 is 0. The van der Waals surface area contributed by atoms with Crippen LogP contribution < -0.4 is 0 Å². The minimum Gasteiger partial charge on any atom is -0.392 e. The van der Waals surface area contributed by atoms with Gasteiger partial charge in [-0.3, -0.25) is 4.98 Å². The molecule has 0 saturated heterocycles. The molecule has 0 aliphatic rings. The molecule has 3 heteroatoms. The molecular formula is C10H8ClNO. The molecule has 2 aromatic rings. The van der Waals surface area contributed by atoms with Crippen molar-refractivity contribution in [3.8, 4) is 0 Å². The SMILES string of the molecule is OCc1c(Cl)ccc2ncccc12. The number of rotatable bonds is 1. The molecular weight excluding hydrogens is 186 g/mol. The van der Waals surface area contributed by atoms with Crippen molar-refractivity contribution in [2.75, 3.05) is 0 Å². The Bertz CT molecular complexity index is 442. The average molecular weight is 194 g/mol. The molecule has 0 aliphatic heterocycles. The highest BCUT2D eigenvalue weighted by Crippen LogP contribution is 2.24. The van der Waals surface area contributed by atoms with Gasteiger partial charge in [-0.25, -0.2) is 0 Å². The fourth-order valence-corrected chi connectivity index (χ4v) is 1.57. The van der Waals surface area contributed by atoms with Crippen LogP contribution in [-0.2, 0) is 6.61 Å². The molecule has 0 bridgehead atoms. The third-order valence-corrected chi connectivity index (χ3v) is 2.35. The first-order valence-electron chi connectivity index (χ1n) is 3.96. The lowest BCUT2D eigenvalue weighted by molar-refractivity contribution is 0.283. The summed E-state index contributed by atoms with van der Waals surface area (Å²) in [6.45, 7) is -0.0537. The Morgan fingerprint density at radius 3 is 2.92 bits per heavy atom. The van der Waals surface area contributed by atoms with E-state index in [1.807, 2.05) is 18.2 Å². The molecule has 0 fully saturated rings. The van der Waals surface area contributed by atoms with Gasteiger partial charge in [-0.2, -0.15) is 0 Å². The number of aliphatic hydroxyl groups excluding tert-OH is 1. The predicted octanol–water partition coefficient (Wildman–Crippen LogP) is 2.38. The van der Waals surface area contributed by atoms with E-state index in [1.54, 1.807) is 12.3 Å². The van der Waals surface area contributed by atoms with Crippen molar-refractivity contribution in [3.63, 3.8) is 0 Å². The van der Waals surface area contributed by atoms with Gasteiger partial charge >= 0.3 is 0 Å². The van der Waals surface area contributed by atoms with Crippen LogP contribution >= 0.6 is 11.6 Å². The molecule has 13 heavy (non-hydrogen) atoms. The van der Waals surface area contributed by atoms with E-state index in [9.17, 15) is 0 Å². The fourth-order valence-electron chi connectivity index (χ4n) is 1.35. The maximum Gasteiger partial charge on any atom is 0.0706 e. The van der Waals surface area contributed by atoms with Gasteiger partial charge in [0.1, 0.15) is 0 Å². The van der Waals surface area contributed by atoms with Gasteiger partial charge in [0.25, 0.3) is 0 Å². The van der Waals surface area contributed by atoms with Gasteiger partial charge in [0.2, 0.25) is 0 Å². The van der Waals surface area contributed by atoms with Gasteiger partial charge in [-0.15, -0.1) is 0 Å². The van der Waals surface area contributed by atoms with Gasteiger partial charge in [-0.1, -0.05) is 17.7 Å². The van der Waals surface area contributed by atoms with Crippen molar-refractivity contribution in [3.05, 3.63) is 41.0 Å². The first-order chi connectivity index (χ1) is 6.33. The van der Waals surface area contributed by atoms with E-state index in [0.717, 1.165) is 16.5 Å². The van der Waals surface area contributed by atoms with Crippen molar-refractivity contribution in [2.24, 2.45) is 0 Å². The first kappa shape index (κ1) is 8.48. The van der Waals surface area contributed by atoms with Crippen molar-refractivity contribution in [1.29, 1.82) is 0 Å². The molecule has 2 rings (SSSR count). The zero-order valence-electron chi connectivity index (χ0n) is 6.87. The van der Waals surface area contributed by atoms with E-state index in [-0.39, 0.29) is 6.61 Å². The van der Waals surface area contributed by atoms with Gasteiger partial charge in [-0.05, 0) is 18.2 Å². The number of hydrogen-bond acceptors (Lipinski definition) is 2. The van der Waals surface area contributed by atoms with Crippen LogP contribution in [0.2, 0.25) is 5.02 Å².